The molecule has 0 saturated heterocycles. The highest BCUT2D eigenvalue weighted by atomic mass is 16.5. The van der Waals surface area contributed by atoms with Gasteiger partial charge in [-0.1, -0.05) is 271 Å². The minimum absolute atomic E-state index is 0.113. The summed E-state index contributed by atoms with van der Waals surface area (Å²) < 4.78 is 16.8. The van der Waals surface area contributed by atoms with Gasteiger partial charge in [-0.15, -0.1) is 0 Å². The predicted molar refractivity (Wildman–Crippen MR) is 288 cm³/mol. The van der Waals surface area contributed by atoms with Gasteiger partial charge >= 0.3 is 17.9 Å². The minimum atomic E-state index is -0.262. The minimum Gasteiger partial charge on any atom is -0.466 e. The molecule has 0 rings (SSSR count). The van der Waals surface area contributed by atoms with Crippen molar-refractivity contribution in [2.75, 3.05) is 52.6 Å². The topological polar surface area (TPSA) is 106 Å². The van der Waals surface area contributed by atoms with Crippen molar-refractivity contribution in [1.82, 2.24) is 10.0 Å². The second kappa shape index (κ2) is 56.2. The molecule has 0 aromatic heterocycles. The molecule has 1 N–H and O–H groups in total. The molecule has 404 valence electrons. The summed E-state index contributed by atoms with van der Waals surface area (Å²) in [7, 11) is 0. The van der Waals surface area contributed by atoms with E-state index in [1.54, 1.807) is 0 Å². The van der Waals surface area contributed by atoms with Crippen molar-refractivity contribution >= 4 is 17.9 Å². The van der Waals surface area contributed by atoms with E-state index in [2.05, 4.69) is 20.8 Å². The monoisotopic (exact) mass is 965 g/mol. The van der Waals surface area contributed by atoms with Crippen molar-refractivity contribution in [3.63, 3.8) is 0 Å². The molecule has 0 aliphatic heterocycles. The van der Waals surface area contributed by atoms with E-state index in [-0.39, 0.29) is 50.3 Å². The van der Waals surface area contributed by atoms with E-state index < -0.39 is 0 Å². The SMILES string of the molecule is CCCCCCCCCCCCCCCCOC(=O)CCN(CCO)N(CCC(=O)OCCCCCCCCCCCCCCCC)CCC(=O)OCCCCCCCCCCCCCCCC. The Hall–Kier alpha value is -1.71. The molecule has 68 heavy (non-hydrogen) atoms. The molecular formula is C59H116N2O7. The zero-order valence-electron chi connectivity index (χ0n) is 45.8. The zero-order valence-corrected chi connectivity index (χ0v) is 45.8. The summed E-state index contributed by atoms with van der Waals surface area (Å²) in [6.45, 7) is 9.26. The second-order valence-corrected chi connectivity index (χ2v) is 20.3. The Labute approximate surface area is 422 Å². The number of carbonyl (C=O) groups is 3. The summed E-state index contributed by atoms with van der Waals surface area (Å²) in [5.41, 5.74) is 0. The van der Waals surface area contributed by atoms with Gasteiger partial charge in [0.25, 0.3) is 0 Å². The number of hydrazine groups is 1. The van der Waals surface area contributed by atoms with Crippen LogP contribution in [0.25, 0.3) is 0 Å². The van der Waals surface area contributed by atoms with Crippen LogP contribution >= 0.6 is 0 Å². The van der Waals surface area contributed by atoms with E-state index in [1.165, 1.54) is 231 Å². The van der Waals surface area contributed by atoms with Gasteiger partial charge in [0.2, 0.25) is 0 Å². The largest absolute Gasteiger partial charge is 0.466 e. The van der Waals surface area contributed by atoms with Crippen LogP contribution in [0.2, 0.25) is 0 Å². The molecule has 0 atom stereocenters. The van der Waals surface area contributed by atoms with Crippen LogP contribution in [-0.2, 0) is 28.6 Å². The molecule has 0 aromatic rings. The van der Waals surface area contributed by atoms with Crippen LogP contribution in [0, 0.1) is 0 Å². The molecule has 0 aliphatic carbocycles. The number of carbonyl (C=O) groups excluding carboxylic acids is 3. The first-order valence-corrected chi connectivity index (χ1v) is 30.1. The molecule has 0 radical (unpaired) electrons. The average molecular weight is 966 g/mol. The highest BCUT2D eigenvalue weighted by Crippen LogP contribution is 2.16. The van der Waals surface area contributed by atoms with Gasteiger partial charge in [-0.2, -0.15) is 0 Å². The lowest BCUT2D eigenvalue weighted by Gasteiger charge is -2.34. The van der Waals surface area contributed by atoms with Crippen LogP contribution in [0.4, 0.5) is 0 Å². The maximum atomic E-state index is 12.9. The summed E-state index contributed by atoms with van der Waals surface area (Å²) >= 11 is 0. The fourth-order valence-electron chi connectivity index (χ4n) is 9.23. The molecule has 0 fully saturated rings. The Bertz CT molecular complexity index is 995. The molecule has 0 aliphatic rings. The predicted octanol–water partition coefficient (Wildman–Crippen LogP) is 16.7. The van der Waals surface area contributed by atoms with Crippen LogP contribution in [0.1, 0.15) is 310 Å². The van der Waals surface area contributed by atoms with E-state index in [9.17, 15) is 19.5 Å². The van der Waals surface area contributed by atoms with E-state index in [4.69, 9.17) is 14.2 Å². The number of nitrogens with zero attached hydrogens (tertiary/aromatic N) is 2. The molecule has 9 heteroatoms. The third-order valence-electron chi connectivity index (χ3n) is 13.8. The fraction of sp³-hybridized carbons (Fsp3) is 0.949. The lowest BCUT2D eigenvalue weighted by molar-refractivity contribution is -0.150. The van der Waals surface area contributed by atoms with Crippen molar-refractivity contribution in [2.45, 2.75) is 310 Å². The summed E-state index contributed by atoms with van der Waals surface area (Å²) in [4.78, 5) is 38.5. The number of hydrogen-bond donors (Lipinski definition) is 1. The normalized spacial score (nSPS) is 11.6. The quantitative estimate of drug-likeness (QED) is 0.0276. The third kappa shape index (κ3) is 50.7. The standard InChI is InChI=1S/C59H116N2O7/c1-4-7-10-13-16-19-22-25-28-31-34-37-40-43-54-66-57(63)46-49-60(50-47-58(64)67-55-44-41-38-35-32-29-26-23-20-17-14-11-8-5-2)61(52-53-62)51-48-59(65)68-56-45-42-39-36-33-30-27-24-21-18-15-12-9-6-3/h62H,4-56H2,1-3H3. The molecule has 9 nitrogen and oxygen atoms in total. The number of hydrogen-bond acceptors (Lipinski definition) is 9. The van der Waals surface area contributed by atoms with Crippen LogP contribution in [-0.4, -0.2) is 85.6 Å². The fourth-order valence-corrected chi connectivity index (χ4v) is 9.23. The van der Waals surface area contributed by atoms with Crippen LogP contribution in [0.5, 0.6) is 0 Å². The molecule has 0 unspecified atom stereocenters. The number of unbranched alkanes of at least 4 members (excludes halogenated alkanes) is 39. The first-order chi connectivity index (χ1) is 33.5. The van der Waals surface area contributed by atoms with Gasteiger partial charge in [-0.05, 0) is 19.3 Å². The molecule has 0 heterocycles. The third-order valence-corrected chi connectivity index (χ3v) is 13.8. The van der Waals surface area contributed by atoms with Gasteiger partial charge in [0.15, 0.2) is 0 Å². The van der Waals surface area contributed by atoms with Crippen molar-refractivity contribution in [2.24, 2.45) is 0 Å². The van der Waals surface area contributed by atoms with Gasteiger partial charge in [0, 0.05) is 26.2 Å². The van der Waals surface area contributed by atoms with Crippen LogP contribution in [0.15, 0.2) is 0 Å². The zero-order chi connectivity index (χ0) is 49.5. The van der Waals surface area contributed by atoms with E-state index in [1.807, 2.05) is 10.0 Å². The van der Waals surface area contributed by atoms with Gasteiger partial charge in [-0.25, -0.2) is 10.0 Å². The second-order valence-electron chi connectivity index (χ2n) is 20.3. The Kier molecular flexibility index (Phi) is 54.8. The molecular weight excluding hydrogens is 849 g/mol. The van der Waals surface area contributed by atoms with Crippen molar-refractivity contribution in [1.29, 1.82) is 0 Å². The number of aliphatic hydroxyl groups is 1. The van der Waals surface area contributed by atoms with Gasteiger partial charge in [0.05, 0.1) is 45.7 Å². The number of ether oxygens (including phenoxy) is 3. The number of esters is 3. The highest BCUT2D eigenvalue weighted by Gasteiger charge is 2.20. The van der Waals surface area contributed by atoms with Gasteiger partial charge in [-0.3, -0.25) is 14.4 Å². The Morgan fingerprint density at radius 1 is 0.279 bits per heavy atom. The lowest BCUT2D eigenvalue weighted by atomic mass is 10.0. The number of rotatable bonds is 57. The summed E-state index contributed by atoms with van der Waals surface area (Å²) in [5.74, 6) is -0.786. The van der Waals surface area contributed by atoms with Crippen molar-refractivity contribution in [3.8, 4) is 0 Å². The first kappa shape index (κ1) is 66.3. The van der Waals surface area contributed by atoms with E-state index in [0.717, 1.165) is 38.5 Å². The van der Waals surface area contributed by atoms with Crippen LogP contribution in [0.3, 0.4) is 0 Å². The Morgan fingerprint density at radius 3 is 0.647 bits per heavy atom. The molecule has 0 bridgehead atoms. The molecule has 0 saturated carbocycles. The first-order valence-electron chi connectivity index (χ1n) is 30.1. The maximum absolute atomic E-state index is 12.9. The Morgan fingerprint density at radius 2 is 0.456 bits per heavy atom. The maximum Gasteiger partial charge on any atom is 0.307 e. The Balaban J connectivity index is 4.60. The molecule has 0 spiro atoms. The lowest BCUT2D eigenvalue weighted by Crippen LogP contribution is -2.47. The van der Waals surface area contributed by atoms with E-state index >= 15 is 0 Å². The summed E-state index contributed by atoms with van der Waals surface area (Å²) in [5, 5.41) is 13.8. The van der Waals surface area contributed by atoms with Crippen molar-refractivity contribution in [3.05, 3.63) is 0 Å². The number of aliphatic hydroxyl groups excluding tert-OH is 1. The average Bonchev–Trinajstić information content (AvgIpc) is 3.34. The van der Waals surface area contributed by atoms with Crippen LogP contribution < -0.4 is 0 Å². The van der Waals surface area contributed by atoms with E-state index in [0.29, 0.717) is 39.5 Å². The summed E-state index contributed by atoms with van der Waals surface area (Å²) in [6.07, 6.45) is 54.3. The summed E-state index contributed by atoms with van der Waals surface area (Å²) in [6, 6.07) is 0. The van der Waals surface area contributed by atoms with Gasteiger partial charge < -0.3 is 19.3 Å². The smallest absolute Gasteiger partial charge is 0.307 e. The highest BCUT2D eigenvalue weighted by molar-refractivity contribution is 5.70. The molecule has 0 aromatic carbocycles. The van der Waals surface area contributed by atoms with Crippen molar-refractivity contribution < 1.29 is 33.7 Å². The molecule has 0 amide bonds. The van der Waals surface area contributed by atoms with Gasteiger partial charge in [0.1, 0.15) is 0 Å².